The number of benzene rings is 2. The molecule has 119 valence electrons. The lowest BCUT2D eigenvalue weighted by Gasteiger charge is -2.07. The molecule has 1 radical (unpaired) electrons. The van der Waals surface area contributed by atoms with Gasteiger partial charge in [0.1, 0.15) is 18.9 Å². The summed E-state index contributed by atoms with van der Waals surface area (Å²) in [6, 6.07) is 2.04. The van der Waals surface area contributed by atoms with Gasteiger partial charge in [-0.05, 0) is 31.2 Å². The molecule has 0 fully saturated rings. The maximum Gasteiger partial charge on any atom is 0.169 e. The fourth-order valence-electron chi connectivity index (χ4n) is 2.00. The van der Waals surface area contributed by atoms with Gasteiger partial charge in [0.15, 0.2) is 23.3 Å². The molecule has 0 spiro atoms. The lowest BCUT2D eigenvalue weighted by atomic mass is 9.73. The molecule has 0 bridgehead atoms. The zero-order valence-corrected chi connectivity index (χ0v) is 12.2. The molecule has 0 N–H and O–H groups in total. The Morgan fingerprint density at radius 1 is 0.739 bits per heavy atom. The highest BCUT2D eigenvalue weighted by Gasteiger charge is 2.21. The molecule has 2 aromatic carbocycles. The first-order valence-corrected chi connectivity index (χ1v) is 6.57. The Labute approximate surface area is 129 Å². The fraction of sp³-hybridized carbons (Fsp3) is 0.125. The monoisotopic (exact) mass is 327 g/mol. The quantitative estimate of drug-likeness (QED) is 0.340. The van der Waals surface area contributed by atoms with Gasteiger partial charge >= 0.3 is 0 Å². The highest BCUT2D eigenvalue weighted by Crippen LogP contribution is 2.25. The number of hydrogen-bond donors (Lipinski definition) is 0. The van der Waals surface area contributed by atoms with E-state index in [-0.39, 0.29) is 5.46 Å². The van der Waals surface area contributed by atoms with Crippen LogP contribution in [0.3, 0.4) is 0 Å². The minimum absolute atomic E-state index is 0.280. The SMILES string of the molecule is C[B]c1cc(F)c(/C=C/c2c(F)c(F)c(C)c(F)c2F)c(F)c1. The van der Waals surface area contributed by atoms with Crippen LogP contribution < -0.4 is 5.46 Å². The molecule has 2 aromatic rings. The maximum absolute atomic E-state index is 13.8. The molecule has 7 heteroatoms. The van der Waals surface area contributed by atoms with Crippen molar-refractivity contribution in [2.45, 2.75) is 13.7 Å². The van der Waals surface area contributed by atoms with Gasteiger partial charge in [-0.15, -0.1) is 0 Å². The maximum atomic E-state index is 13.8. The van der Waals surface area contributed by atoms with Crippen molar-refractivity contribution in [1.29, 1.82) is 0 Å². The third-order valence-corrected chi connectivity index (χ3v) is 3.37. The molecule has 2 rings (SSSR count). The van der Waals surface area contributed by atoms with E-state index in [2.05, 4.69) is 0 Å². The van der Waals surface area contributed by atoms with Crippen LogP contribution in [0.4, 0.5) is 26.3 Å². The summed E-state index contributed by atoms with van der Waals surface area (Å²) in [6.45, 7) is 2.45. The van der Waals surface area contributed by atoms with Gasteiger partial charge in [0, 0.05) is 11.1 Å². The summed E-state index contributed by atoms with van der Waals surface area (Å²) in [6.07, 6.45) is 1.31. The second kappa shape index (κ2) is 6.52. The minimum Gasteiger partial charge on any atom is -0.206 e. The lowest BCUT2D eigenvalue weighted by molar-refractivity contribution is 0.442. The van der Waals surface area contributed by atoms with Gasteiger partial charge in [-0.1, -0.05) is 12.3 Å². The van der Waals surface area contributed by atoms with Crippen molar-refractivity contribution in [1.82, 2.24) is 0 Å². The molecule has 0 nitrogen and oxygen atoms in total. The van der Waals surface area contributed by atoms with Crippen molar-refractivity contribution in [2.24, 2.45) is 0 Å². The lowest BCUT2D eigenvalue weighted by Crippen LogP contribution is -2.13. The van der Waals surface area contributed by atoms with Gasteiger partial charge in [0.2, 0.25) is 0 Å². The van der Waals surface area contributed by atoms with E-state index < -0.39 is 51.6 Å². The Morgan fingerprint density at radius 3 is 1.61 bits per heavy atom. The predicted octanol–water partition coefficient (Wildman–Crippen LogP) is 4.38. The van der Waals surface area contributed by atoms with Crippen molar-refractivity contribution < 1.29 is 26.3 Å². The molecule has 0 aliphatic rings. The zero-order chi connectivity index (χ0) is 17.3. The van der Waals surface area contributed by atoms with Gasteiger partial charge in [-0.3, -0.25) is 0 Å². The van der Waals surface area contributed by atoms with Gasteiger partial charge in [-0.2, -0.15) is 0 Å². The smallest absolute Gasteiger partial charge is 0.169 e. The highest BCUT2D eigenvalue weighted by atomic mass is 19.2. The Hall–Kier alpha value is -2.18. The van der Waals surface area contributed by atoms with E-state index in [9.17, 15) is 26.3 Å². The van der Waals surface area contributed by atoms with Crippen molar-refractivity contribution in [3.05, 3.63) is 63.7 Å². The van der Waals surface area contributed by atoms with E-state index in [1.807, 2.05) is 0 Å². The molecule has 0 aromatic heterocycles. The van der Waals surface area contributed by atoms with Crippen LogP contribution in [0.2, 0.25) is 6.82 Å². The standard InChI is InChI=1S/C16H10BF6/c1-7-13(20)15(22)10(16(23)14(7)21)4-3-9-11(18)5-8(17-2)6-12(9)19/h3-6H,1-2H3/b4-3+. The molecule has 0 saturated heterocycles. The van der Waals surface area contributed by atoms with Crippen LogP contribution in [0.5, 0.6) is 0 Å². The Balaban J connectivity index is 2.55. The van der Waals surface area contributed by atoms with E-state index >= 15 is 0 Å². The van der Waals surface area contributed by atoms with Crippen molar-refractivity contribution in [2.75, 3.05) is 0 Å². The first-order chi connectivity index (χ1) is 10.8. The van der Waals surface area contributed by atoms with Gasteiger partial charge in [0.25, 0.3) is 0 Å². The average molecular weight is 327 g/mol. The average Bonchev–Trinajstić information content (AvgIpc) is 2.52. The van der Waals surface area contributed by atoms with Gasteiger partial charge in [0.05, 0.1) is 5.56 Å². The second-order valence-corrected chi connectivity index (χ2v) is 4.81. The normalized spacial score (nSPS) is 11.3. The molecule has 0 amide bonds. The van der Waals surface area contributed by atoms with Crippen LogP contribution in [0.25, 0.3) is 12.2 Å². The Kier molecular flexibility index (Phi) is 4.87. The van der Waals surface area contributed by atoms with Crippen molar-refractivity contribution in [3.8, 4) is 0 Å². The van der Waals surface area contributed by atoms with Crippen molar-refractivity contribution >= 4 is 24.9 Å². The summed E-state index contributed by atoms with van der Waals surface area (Å²) >= 11 is 0. The summed E-state index contributed by atoms with van der Waals surface area (Å²) in [5.41, 5.74) is -2.15. The topological polar surface area (TPSA) is 0 Å². The van der Waals surface area contributed by atoms with Crippen LogP contribution in [0.1, 0.15) is 16.7 Å². The minimum atomic E-state index is -1.63. The summed E-state index contributed by atoms with van der Waals surface area (Å²) in [5.74, 6) is -8.30. The number of halogens is 6. The van der Waals surface area contributed by atoms with E-state index in [4.69, 9.17) is 0 Å². The molecule has 23 heavy (non-hydrogen) atoms. The molecular weight excluding hydrogens is 317 g/mol. The molecule has 0 atom stereocenters. The molecule has 0 aliphatic carbocycles. The van der Waals surface area contributed by atoms with Crippen LogP contribution >= 0.6 is 0 Å². The molecule has 0 saturated carbocycles. The summed E-state index contributed by atoms with van der Waals surface area (Å²) in [7, 11) is 1.46. The molecule has 0 aliphatic heterocycles. The van der Waals surface area contributed by atoms with Crippen LogP contribution in [0, 0.1) is 41.8 Å². The first-order valence-electron chi connectivity index (χ1n) is 6.57. The van der Waals surface area contributed by atoms with Crippen LogP contribution in [-0.2, 0) is 0 Å². The summed E-state index contributed by atoms with van der Waals surface area (Å²) in [5, 5.41) is 0. The number of hydrogen-bond acceptors (Lipinski definition) is 0. The zero-order valence-electron chi connectivity index (χ0n) is 12.2. The van der Waals surface area contributed by atoms with Crippen molar-refractivity contribution in [3.63, 3.8) is 0 Å². The summed E-state index contributed by atoms with van der Waals surface area (Å²) in [4.78, 5) is 0. The largest absolute Gasteiger partial charge is 0.206 e. The highest BCUT2D eigenvalue weighted by molar-refractivity contribution is 6.51. The van der Waals surface area contributed by atoms with E-state index in [0.29, 0.717) is 6.08 Å². The fourth-order valence-corrected chi connectivity index (χ4v) is 2.00. The van der Waals surface area contributed by atoms with Crippen LogP contribution in [-0.4, -0.2) is 7.28 Å². The Morgan fingerprint density at radius 2 is 1.17 bits per heavy atom. The molecular formula is C16H10BF6. The third kappa shape index (κ3) is 3.13. The Bertz CT molecular complexity index is 746. The van der Waals surface area contributed by atoms with Gasteiger partial charge < -0.3 is 0 Å². The van der Waals surface area contributed by atoms with E-state index in [0.717, 1.165) is 25.1 Å². The first kappa shape index (κ1) is 17.2. The third-order valence-electron chi connectivity index (χ3n) is 3.37. The molecule has 0 heterocycles. The van der Waals surface area contributed by atoms with E-state index in [1.54, 1.807) is 6.82 Å². The van der Waals surface area contributed by atoms with Gasteiger partial charge in [-0.25, -0.2) is 26.3 Å². The molecule has 0 unspecified atom stereocenters. The van der Waals surface area contributed by atoms with Crippen LogP contribution in [0.15, 0.2) is 12.1 Å². The predicted molar refractivity (Wildman–Crippen MR) is 77.5 cm³/mol. The second-order valence-electron chi connectivity index (χ2n) is 4.81. The van der Waals surface area contributed by atoms with E-state index in [1.165, 1.54) is 7.28 Å². The number of rotatable bonds is 3. The summed E-state index contributed by atoms with van der Waals surface area (Å²) < 4.78 is 81.9.